The van der Waals surface area contributed by atoms with Crippen LogP contribution >= 0.6 is 0 Å². The number of ether oxygens (including phenoxy) is 1. The number of carboxylic acid groups (broad SMARTS) is 1. The first kappa shape index (κ1) is 19.1. The van der Waals surface area contributed by atoms with Crippen LogP contribution in [0.3, 0.4) is 0 Å². The number of amides is 1. The van der Waals surface area contributed by atoms with E-state index in [4.69, 9.17) is 4.74 Å². The van der Waals surface area contributed by atoms with Gasteiger partial charge in [-0.3, -0.25) is 9.59 Å². The monoisotopic (exact) mass is 367 g/mol. The molecular formula is C22H25NO4. The van der Waals surface area contributed by atoms with Crippen molar-refractivity contribution in [2.45, 2.75) is 24.7 Å². The summed E-state index contributed by atoms with van der Waals surface area (Å²) < 4.78 is 5.47. The van der Waals surface area contributed by atoms with E-state index >= 15 is 0 Å². The lowest BCUT2D eigenvalue weighted by Gasteiger charge is -2.36. The maximum absolute atomic E-state index is 13.1. The van der Waals surface area contributed by atoms with E-state index in [-0.39, 0.29) is 12.5 Å². The average molecular weight is 367 g/mol. The molecule has 1 saturated heterocycles. The normalized spacial score (nSPS) is 17.0. The topological polar surface area (TPSA) is 75.6 Å². The van der Waals surface area contributed by atoms with E-state index in [0.717, 1.165) is 11.1 Å². The summed E-state index contributed by atoms with van der Waals surface area (Å²) in [6.45, 7) is 1.15. The van der Waals surface area contributed by atoms with Gasteiger partial charge in [-0.1, -0.05) is 60.7 Å². The molecule has 1 aliphatic heterocycles. The van der Waals surface area contributed by atoms with Gasteiger partial charge < -0.3 is 15.2 Å². The van der Waals surface area contributed by atoms with Crippen molar-refractivity contribution < 1.29 is 19.4 Å². The fraction of sp³-hybridized carbons (Fsp3) is 0.364. The number of carbonyl (C=O) groups excluding carboxylic acids is 1. The van der Waals surface area contributed by atoms with Crippen molar-refractivity contribution in [3.8, 4) is 0 Å². The average Bonchev–Trinajstić information content (AvgIpc) is 2.72. The second kappa shape index (κ2) is 8.82. The van der Waals surface area contributed by atoms with Crippen molar-refractivity contribution in [3.63, 3.8) is 0 Å². The van der Waals surface area contributed by atoms with Gasteiger partial charge in [-0.25, -0.2) is 0 Å². The van der Waals surface area contributed by atoms with Crippen LogP contribution in [-0.4, -0.2) is 36.7 Å². The molecule has 0 aliphatic carbocycles. The van der Waals surface area contributed by atoms with Gasteiger partial charge in [-0.2, -0.15) is 0 Å². The summed E-state index contributed by atoms with van der Waals surface area (Å²) in [4.78, 5) is 24.8. The van der Waals surface area contributed by atoms with Gasteiger partial charge in [0.05, 0.1) is 11.3 Å². The molecule has 0 spiro atoms. The lowest BCUT2D eigenvalue weighted by molar-refractivity contribution is -0.142. The Hall–Kier alpha value is -2.66. The highest BCUT2D eigenvalue weighted by atomic mass is 16.5. The SMILES string of the molecule is O=C(O)C(CNC(=O)C1(c2ccccc2)CCOCC1)Cc1ccccc1. The molecule has 1 heterocycles. The Labute approximate surface area is 159 Å². The standard InChI is InChI=1S/C22H25NO4/c24-20(25)18(15-17-7-3-1-4-8-17)16-23-21(26)22(11-13-27-14-12-22)19-9-5-2-6-10-19/h1-10,18H,11-16H2,(H,23,26)(H,24,25). The fourth-order valence-electron chi connectivity index (χ4n) is 3.65. The Morgan fingerprint density at radius 2 is 1.59 bits per heavy atom. The number of carboxylic acids is 1. The summed E-state index contributed by atoms with van der Waals surface area (Å²) in [6, 6.07) is 19.2. The molecule has 2 N–H and O–H groups in total. The summed E-state index contributed by atoms with van der Waals surface area (Å²) in [5.41, 5.74) is 1.25. The van der Waals surface area contributed by atoms with E-state index in [1.54, 1.807) is 0 Å². The van der Waals surface area contributed by atoms with Gasteiger partial charge in [-0.05, 0) is 30.4 Å². The van der Waals surface area contributed by atoms with E-state index in [0.29, 0.717) is 32.5 Å². The molecule has 2 aromatic carbocycles. The molecule has 1 fully saturated rings. The molecule has 0 aromatic heterocycles. The van der Waals surface area contributed by atoms with Gasteiger partial charge in [0.15, 0.2) is 0 Å². The lowest BCUT2D eigenvalue weighted by atomic mass is 9.73. The fourth-order valence-corrected chi connectivity index (χ4v) is 3.65. The second-order valence-electron chi connectivity index (χ2n) is 7.00. The Morgan fingerprint density at radius 3 is 2.19 bits per heavy atom. The molecule has 142 valence electrons. The quantitative estimate of drug-likeness (QED) is 0.789. The minimum absolute atomic E-state index is 0.110. The van der Waals surface area contributed by atoms with Crippen LogP contribution in [0.15, 0.2) is 60.7 Å². The van der Waals surface area contributed by atoms with Gasteiger partial charge in [0.1, 0.15) is 0 Å². The zero-order chi connectivity index (χ0) is 19.1. The van der Waals surface area contributed by atoms with Crippen molar-refractivity contribution in [1.82, 2.24) is 5.32 Å². The molecule has 5 nitrogen and oxygen atoms in total. The molecule has 2 aromatic rings. The Balaban J connectivity index is 1.72. The summed E-state index contributed by atoms with van der Waals surface area (Å²) in [5, 5.41) is 12.5. The van der Waals surface area contributed by atoms with Gasteiger partial charge in [0.2, 0.25) is 5.91 Å². The third-order valence-corrected chi connectivity index (χ3v) is 5.29. The minimum atomic E-state index is -0.903. The predicted octanol–water partition coefficient (Wildman–Crippen LogP) is 2.79. The predicted molar refractivity (Wildman–Crippen MR) is 102 cm³/mol. The summed E-state index contributed by atoms with van der Waals surface area (Å²) in [6.07, 6.45) is 1.58. The smallest absolute Gasteiger partial charge is 0.308 e. The van der Waals surface area contributed by atoms with Gasteiger partial charge >= 0.3 is 5.97 Å². The lowest BCUT2D eigenvalue weighted by Crippen LogP contribution is -2.49. The van der Waals surface area contributed by atoms with Crippen molar-refractivity contribution in [1.29, 1.82) is 0 Å². The highest BCUT2D eigenvalue weighted by molar-refractivity contribution is 5.88. The zero-order valence-corrected chi connectivity index (χ0v) is 15.3. The molecule has 1 amide bonds. The molecule has 0 radical (unpaired) electrons. The Morgan fingerprint density at radius 1 is 1.00 bits per heavy atom. The van der Waals surface area contributed by atoms with E-state index in [1.807, 2.05) is 60.7 Å². The molecule has 0 saturated carbocycles. The highest BCUT2D eigenvalue weighted by Crippen LogP contribution is 2.35. The molecular weight excluding hydrogens is 342 g/mol. The van der Waals surface area contributed by atoms with Crippen molar-refractivity contribution in [3.05, 3.63) is 71.8 Å². The first-order valence-electron chi connectivity index (χ1n) is 9.30. The van der Waals surface area contributed by atoms with Gasteiger partial charge in [0.25, 0.3) is 0 Å². The summed E-state index contributed by atoms with van der Waals surface area (Å²) in [5.74, 6) is -1.68. The van der Waals surface area contributed by atoms with Crippen molar-refractivity contribution in [2.75, 3.05) is 19.8 Å². The van der Waals surface area contributed by atoms with Crippen molar-refractivity contribution >= 4 is 11.9 Å². The van der Waals surface area contributed by atoms with Crippen LogP contribution < -0.4 is 5.32 Å². The van der Waals surface area contributed by atoms with Crippen molar-refractivity contribution in [2.24, 2.45) is 5.92 Å². The zero-order valence-electron chi connectivity index (χ0n) is 15.3. The minimum Gasteiger partial charge on any atom is -0.481 e. The van der Waals surface area contributed by atoms with Crippen LogP contribution in [0.25, 0.3) is 0 Å². The molecule has 3 rings (SSSR count). The van der Waals surface area contributed by atoms with Crippen LogP contribution in [-0.2, 0) is 26.2 Å². The van der Waals surface area contributed by atoms with Gasteiger partial charge in [-0.15, -0.1) is 0 Å². The summed E-state index contributed by atoms with van der Waals surface area (Å²) in [7, 11) is 0. The number of rotatable bonds is 7. The number of nitrogens with one attached hydrogen (secondary N) is 1. The number of benzene rings is 2. The number of hydrogen-bond donors (Lipinski definition) is 2. The van der Waals surface area contributed by atoms with E-state index in [1.165, 1.54) is 0 Å². The van der Waals surface area contributed by atoms with Crippen LogP contribution in [0.2, 0.25) is 0 Å². The molecule has 1 unspecified atom stereocenters. The first-order chi connectivity index (χ1) is 13.1. The summed E-state index contributed by atoms with van der Waals surface area (Å²) >= 11 is 0. The van der Waals surface area contributed by atoms with E-state index in [2.05, 4.69) is 5.32 Å². The van der Waals surface area contributed by atoms with E-state index < -0.39 is 17.3 Å². The molecule has 1 atom stereocenters. The number of aliphatic carboxylic acids is 1. The highest BCUT2D eigenvalue weighted by Gasteiger charge is 2.41. The molecule has 5 heteroatoms. The molecule has 0 bridgehead atoms. The Bertz CT molecular complexity index is 754. The third kappa shape index (κ3) is 4.55. The molecule has 1 aliphatic rings. The number of carbonyl (C=O) groups is 2. The van der Waals surface area contributed by atoms with Crippen LogP contribution in [0.4, 0.5) is 0 Å². The molecule has 27 heavy (non-hydrogen) atoms. The largest absolute Gasteiger partial charge is 0.481 e. The maximum atomic E-state index is 13.1. The van der Waals surface area contributed by atoms with E-state index in [9.17, 15) is 14.7 Å². The maximum Gasteiger partial charge on any atom is 0.308 e. The van der Waals surface area contributed by atoms with Crippen LogP contribution in [0.1, 0.15) is 24.0 Å². The number of hydrogen-bond acceptors (Lipinski definition) is 3. The third-order valence-electron chi connectivity index (χ3n) is 5.29. The Kier molecular flexibility index (Phi) is 6.24. The van der Waals surface area contributed by atoms with Crippen LogP contribution in [0.5, 0.6) is 0 Å². The van der Waals surface area contributed by atoms with Gasteiger partial charge in [0, 0.05) is 19.8 Å². The first-order valence-corrected chi connectivity index (χ1v) is 9.30. The van der Waals surface area contributed by atoms with Crippen LogP contribution in [0, 0.1) is 5.92 Å². The second-order valence-corrected chi connectivity index (χ2v) is 7.00.